The minimum Gasteiger partial charge on any atom is -0.353 e. The smallest absolute Gasteiger partial charge is 0.228 e. The Labute approximate surface area is 88.1 Å². The summed E-state index contributed by atoms with van der Waals surface area (Å²) >= 11 is 0. The molecule has 2 aromatic rings. The van der Waals surface area contributed by atoms with Gasteiger partial charge < -0.3 is 9.84 Å². The normalized spacial score (nSPS) is 13.7. The van der Waals surface area contributed by atoms with Gasteiger partial charge in [-0.2, -0.15) is 0 Å². The first-order chi connectivity index (χ1) is 7.34. The third-order valence-electron chi connectivity index (χ3n) is 2.77. The molecule has 1 N–H and O–H groups in total. The third kappa shape index (κ3) is 1.31. The van der Waals surface area contributed by atoms with Crippen LogP contribution in [0.25, 0.3) is 11.3 Å². The molecule has 3 heteroatoms. The lowest BCUT2D eigenvalue weighted by molar-refractivity contribution is 0.436. The van der Waals surface area contributed by atoms with E-state index in [4.69, 9.17) is 4.52 Å². The molecule has 0 radical (unpaired) electrons. The van der Waals surface area contributed by atoms with Gasteiger partial charge in [0.1, 0.15) is 5.69 Å². The number of rotatable bonds is 1. The Morgan fingerprint density at radius 3 is 2.87 bits per heavy atom. The van der Waals surface area contributed by atoms with E-state index in [0.29, 0.717) is 0 Å². The summed E-state index contributed by atoms with van der Waals surface area (Å²) in [4.78, 5) is 0. The first-order valence-electron chi connectivity index (χ1n) is 5.14. The Hall–Kier alpha value is -1.77. The monoisotopic (exact) mass is 200 g/mol. The molecular formula is C12H12N2O. The number of fused-ring (bicyclic) bond motifs is 1. The molecule has 15 heavy (non-hydrogen) atoms. The molecule has 1 aliphatic rings. The van der Waals surface area contributed by atoms with Crippen molar-refractivity contribution < 1.29 is 4.52 Å². The van der Waals surface area contributed by atoms with E-state index < -0.39 is 0 Å². The predicted octanol–water partition coefficient (Wildman–Crippen LogP) is 2.62. The van der Waals surface area contributed by atoms with Crippen LogP contribution in [0, 0.1) is 6.92 Å². The average Bonchev–Trinajstić information content (AvgIpc) is 2.80. The molecule has 0 spiro atoms. The second-order valence-corrected chi connectivity index (χ2v) is 3.88. The van der Waals surface area contributed by atoms with Crippen LogP contribution in [-0.2, 0) is 6.42 Å². The predicted molar refractivity (Wildman–Crippen MR) is 58.9 cm³/mol. The summed E-state index contributed by atoms with van der Waals surface area (Å²) in [6, 6.07) is 8.37. The third-order valence-corrected chi connectivity index (χ3v) is 2.77. The van der Waals surface area contributed by atoms with E-state index in [1.54, 1.807) is 0 Å². The SMILES string of the molecule is Cc1ccc(-c2noc3c2CCN3)cc1. The Morgan fingerprint density at radius 2 is 2.07 bits per heavy atom. The maximum Gasteiger partial charge on any atom is 0.228 e. The summed E-state index contributed by atoms with van der Waals surface area (Å²) in [6.07, 6.45) is 1.00. The highest BCUT2D eigenvalue weighted by atomic mass is 16.5. The van der Waals surface area contributed by atoms with Gasteiger partial charge in [-0.1, -0.05) is 35.0 Å². The van der Waals surface area contributed by atoms with Crippen LogP contribution < -0.4 is 5.32 Å². The number of nitrogens with zero attached hydrogens (tertiary/aromatic N) is 1. The quantitative estimate of drug-likeness (QED) is 0.769. The molecule has 0 bridgehead atoms. The van der Waals surface area contributed by atoms with Crippen LogP contribution in [-0.4, -0.2) is 11.7 Å². The van der Waals surface area contributed by atoms with Crippen LogP contribution in [0.2, 0.25) is 0 Å². The molecule has 1 aromatic carbocycles. The molecule has 0 saturated heterocycles. The van der Waals surface area contributed by atoms with Crippen molar-refractivity contribution >= 4 is 5.88 Å². The van der Waals surface area contributed by atoms with Crippen molar-refractivity contribution in [3.63, 3.8) is 0 Å². The summed E-state index contributed by atoms with van der Waals surface area (Å²) in [5, 5.41) is 7.27. The van der Waals surface area contributed by atoms with E-state index in [1.807, 2.05) is 0 Å². The highest BCUT2D eigenvalue weighted by molar-refractivity contribution is 5.69. The number of nitrogens with one attached hydrogen (secondary N) is 1. The number of anilines is 1. The number of aryl methyl sites for hydroxylation is 1. The number of benzene rings is 1. The first-order valence-corrected chi connectivity index (χ1v) is 5.14. The van der Waals surface area contributed by atoms with Crippen molar-refractivity contribution in [3.8, 4) is 11.3 Å². The van der Waals surface area contributed by atoms with Gasteiger partial charge in [0, 0.05) is 17.7 Å². The second kappa shape index (κ2) is 3.12. The fourth-order valence-corrected chi connectivity index (χ4v) is 1.92. The number of hydrogen-bond donors (Lipinski definition) is 1. The van der Waals surface area contributed by atoms with Gasteiger partial charge in [0.2, 0.25) is 5.88 Å². The van der Waals surface area contributed by atoms with Crippen molar-refractivity contribution in [2.24, 2.45) is 0 Å². The summed E-state index contributed by atoms with van der Waals surface area (Å²) in [5.74, 6) is 0.838. The zero-order chi connectivity index (χ0) is 10.3. The molecule has 0 amide bonds. The van der Waals surface area contributed by atoms with Gasteiger partial charge in [0.25, 0.3) is 0 Å². The molecule has 1 aliphatic heterocycles. The van der Waals surface area contributed by atoms with E-state index in [0.717, 1.165) is 30.1 Å². The molecule has 0 aliphatic carbocycles. The van der Waals surface area contributed by atoms with Gasteiger partial charge in [0.05, 0.1) is 0 Å². The lowest BCUT2D eigenvalue weighted by Crippen LogP contribution is -1.92. The van der Waals surface area contributed by atoms with Crippen LogP contribution >= 0.6 is 0 Å². The van der Waals surface area contributed by atoms with E-state index >= 15 is 0 Å². The van der Waals surface area contributed by atoms with Gasteiger partial charge in [-0.25, -0.2) is 0 Å². The summed E-state index contributed by atoms with van der Waals surface area (Å²) in [6.45, 7) is 3.04. The fourth-order valence-electron chi connectivity index (χ4n) is 1.92. The zero-order valence-electron chi connectivity index (χ0n) is 8.58. The number of aromatic nitrogens is 1. The van der Waals surface area contributed by atoms with E-state index in [9.17, 15) is 0 Å². The van der Waals surface area contributed by atoms with Crippen LogP contribution in [0.15, 0.2) is 28.8 Å². The molecular weight excluding hydrogens is 188 g/mol. The zero-order valence-corrected chi connectivity index (χ0v) is 8.58. The van der Waals surface area contributed by atoms with E-state index in [1.165, 1.54) is 11.1 Å². The van der Waals surface area contributed by atoms with Crippen LogP contribution in [0.4, 0.5) is 5.88 Å². The van der Waals surface area contributed by atoms with Gasteiger partial charge in [0.15, 0.2) is 0 Å². The average molecular weight is 200 g/mol. The molecule has 1 aromatic heterocycles. The van der Waals surface area contributed by atoms with Crippen LogP contribution in [0.1, 0.15) is 11.1 Å². The van der Waals surface area contributed by atoms with E-state index in [-0.39, 0.29) is 0 Å². The van der Waals surface area contributed by atoms with E-state index in [2.05, 4.69) is 41.7 Å². The Morgan fingerprint density at radius 1 is 1.27 bits per heavy atom. The maximum atomic E-state index is 5.23. The number of hydrogen-bond acceptors (Lipinski definition) is 3. The van der Waals surface area contributed by atoms with Crippen molar-refractivity contribution in [2.45, 2.75) is 13.3 Å². The molecule has 0 unspecified atom stereocenters. The fraction of sp³-hybridized carbons (Fsp3) is 0.250. The largest absolute Gasteiger partial charge is 0.353 e. The molecule has 0 saturated carbocycles. The molecule has 3 rings (SSSR count). The summed E-state index contributed by atoms with van der Waals surface area (Å²) in [7, 11) is 0. The lowest BCUT2D eigenvalue weighted by Gasteiger charge is -1.98. The minimum atomic E-state index is 0.838. The summed E-state index contributed by atoms with van der Waals surface area (Å²) in [5.41, 5.74) is 4.58. The lowest BCUT2D eigenvalue weighted by atomic mass is 10.1. The van der Waals surface area contributed by atoms with Crippen LogP contribution in [0.3, 0.4) is 0 Å². The molecule has 3 nitrogen and oxygen atoms in total. The standard InChI is InChI=1S/C12H12N2O/c1-8-2-4-9(5-3-8)11-10-6-7-13-12(10)15-14-11/h2-5,13H,6-7H2,1H3. The van der Waals surface area contributed by atoms with Crippen molar-refractivity contribution in [3.05, 3.63) is 35.4 Å². The molecule has 0 fully saturated rings. The Bertz CT molecular complexity index is 485. The van der Waals surface area contributed by atoms with Gasteiger partial charge >= 0.3 is 0 Å². The minimum absolute atomic E-state index is 0.838. The second-order valence-electron chi connectivity index (χ2n) is 3.88. The van der Waals surface area contributed by atoms with Crippen molar-refractivity contribution in [1.82, 2.24) is 5.16 Å². The van der Waals surface area contributed by atoms with Gasteiger partial charge in [-0.15, -0.1) is 0 Å². The van der Waals surface area contributed by atoms with Gasteiger partial charge in [-0.3, -0.25) is 0 Å². The topological polar surface area (TPSA) is 38.1 Å². The highest BCUT2D eigenvalue weighted by Gasteiger charge is 2.21. The summed E-state index contributed by atoms with van der Waals surface area (Å²) < 4.78 is 5.23. The Balaban J connectivity index is 2.09. The van der Waals surface area contributed by atoms with Crippen LogP contribution in [0.5, 0.6) is 0 Å². The van der Waals surface area contributed by atoms with Crippen molar-refractivity contribution in [1.29, 1.82) is 0 Å². The first kappa shape index (κ1) is 8.53. The molecule has 0 atom stereocenters. The van der Waals surface area contributed by atoms with Crippen molar-refractivity contribution in [2.75, 3.05) is 11.9 Å². The highest BCUT2D eigenvalue weighted by Crippen LogP contribution is 2.32. The molecule has 2 heterocycles. The molecule has 76 valence electrons. The van der Waals surface area contributed by atoms with Gasteiger partial charge in [-0.05, 0) is 13.3 Å². The Kier molecular flexibility index (Phi) is 1.78. The maximum absolute atomic E-state index is 5.23.